The molecular weight excluding hydrogens is 534 g/mol. The first-order chi connectivity index (χ1) is 18.9. The quantitative estimate of drug-likeness (QED) is 0.458. The number of thioether (sulfide) groups is 1. The molecule has 2 N–H and O–H groups in total. The number of aryl methyl sites for hydroxylation is 1. The second-order valence-electron chi connectivity index (χ2n) is 10.9. The molecule has 2 saturated carbocycles. The van der Waals surface area contributed by atoms with Crippen LogP contribution in [0, 0.1) is 36.5 Å². The van der Waals surface area contributed by atoms with Crippen molar-refractivity contribution in [3.05, 3.63) is 74.2 Å². The van der Waals surface area contributed by atoms with Crippen molar-refractivity contribution in [2.75, 3.05) is 19.0 Å². The first kappa shape index (κ1) is 24.7. The number of ether oxygens (including phenoxy) is 1. The molecule has 7 rings (SSSR count). The number of anilines is 1. The maximum Gasteiger partial charge on any atom is 0.305 e. The van der Waals surface area contributed by atoms with E-state index in [1.54, 1.807) is 31.0 Å². The summed E-state index contributed by atoms with van der Waals surface area (Å²) >= 11 is 2.87. The van der Waals surface area contributed by atoms with Gasteiger partial charge in [0.2, 0.25) is 17.7 Å². The number of thiazole rings is 1. The monoisotopic (exact) mass is 561 g/mol. The summed E-state index contributed by atoms with van der Waals surface area (Å²) in [5.74, 6) is -1.02. The predicted octanol–water partition coefficient (Wildman–Crippen LogP) is 3.87. The van der Waals surface area contributed by atoms with Crippen LogP contribution in [0.5, 0.6) is 5.75 Å². The normalized spacial score (nSPS) is 30.2. The average Bonchev–Trinajstić information content (AvgIpc) is 3.66. The van der Waals surface area contributed by atoms with Gasteiger partial charge < -0.3 is 15.0 Å². The van der Waals surface area contributed by atoms with Gasteiger partial charge in [0.15, 0.2) is 0 Å². The number of carbonyl (C=O) groups is 3. The summed E-state index contributed by atoms with van der Waals surface area (Å²) in [6.45, 7) is 1.68. The SMILES string of the molecule is COc1ccccc1[C@H]1c2sc(=O)[nH]c2SC2C3CC(C4C(=O)N(CC(=O)Nc5ccc(C)cc5)C(=O)C34)C21. The Balaban J connectivity index is 1.20. The number of nitrogens with zero attached hydrogens (tertiary/aromatic N) is 1. The van der Waals surface area contributed by atoms with Crippen molar-refractivity contribution in [2.24, 2.45) is 29.6 Å². The van der Waals surface area contributed by atoms with Crippen molar-refractivity contribution in [3.63, 3.8) is 0 Å². The number of methoxy groups -OCH3 is 1. The third-order valence-corrected chi connectivity index (χ3v) is 11.5. The second-order valence-corrected chi connectivity index (χ2v) is 13.1. The van der Waals surface area contributed by atoms with Gasteiger partial charge in [-0.05, 0) is 49.3 Å². The molecule has 7 atom stereocenters. The third kappa shape index (κ3) is 3.71. The number of aromatic amines is 1. The number of hydrogen-bond acceptors (Lipinski definition) is 7. The van der Waals surface area contributed by atoms with Crippen molar-refractivity contribution in [2.45, 2.75) is 29.5 Å². The van der Waals surface area contributed by atoms with E-state index < -0.39 is 11.8 Å². The van der Waals surface area contributed by atoms with E-state index in [0.717, 1.165) is 33.2 Å². The van der Waals surface area contributed by atoms with Crippen molar-refractivity contribution in [1.82, 2.24) is 9.88 Å². The van der Waals surface area contributed by atoms with E-state index in [1.807, 2.05) is 43.3 Å². The van der Waals surface area contributed by atoms with Gasteiger partial charge in [0.05, 0.1) is 24.0 Å². The molecule has 6 unspecified atom stereocenters. The Morgan fingerprint density at radius 1 is 1.05 bits per heavy atom. The summed E-state index contributed by atoms with van der Waals surface area (Å²) in [6.07, 6.45) is 0.795. The summed E-state index contributed by atoms with van der Waals surface area (Å²) in [5, 5.41) is 3.75. The first-order valence-electron chi connectivity index (χ1n) is 13.1. The fourth-order valence-corrected chi connectivity index (χ4v) is 10.4. The van der Waals surface area contributed by atoms with Crippen LogP contribution in [-0.4, -0.2) is 46.5 Å². The van der Waals surface area contributed by atoms with Crippen LogP contribution in [0.1, 0.15) is 28.3 Å². The van der Waals surface area contributed by atoms with Gasteiger partial charge in [0.25, 0.3) is 0 Å². The Hall–Kier alpha value is -3.37. The fourth-order valence-electron chi connectivity index (χ4n) is 7.49. The molecule has 2 bridgehead atoms. The number of carbonyl (C=O) groups excluding carboxylic acids is 3. The van der Waals surface area contributed by atoms with E-state index in [1.165, 1.54) is 16.2 Å². The first-order valence-corrected chi connectivity index (χ1v) is 14.8. The highest BCUT2D eigenvalue weighted by atomic mass is 32.2. The maximum atomic E-state index is 13.8. The van der Waals surface area contributed by atoms with Gasteiger partial charge in [-0.15, -0.1) is 11.8 Å². The molecule has 3 heterocycles. The molecule has 2 aliphatic heterocycles. The Kier molecular flexibility index (Phi) is 5.75. The summed E-state index contributed by atoms with van der Waals surface area (Å²) in [7, 11) is 1.64. The number of aromatic nitrogens is 1. The lowest BCUT2D eigenvalue weighted by Crippen LogP contribution is -2.42. The Morgan fingerprint density at radius 3 is 2.51 bits per heavy atom. The molecular formula is C29H27N3O5S2. The second kappa shape index (κ2) is 9.09. The minimum absolute atomic E-state index is 0.00497. The minimum atomic E-state index is -0.439. The van der Waals surface area contributed by atoms with Gasteiger partial charge in [-0.3, -0.25) is 24.1 Å². The lowest BCUT2D eigenvalue weighted by atomic mass is 9.68. The summed E-state index contributed by atoms with van der Waals surface area (Å²) in [4.78, 5) is 57.7. The van der Waals surface area contributed by atoms with Crippen LogP contribution in [0.4, 0.5) is 5.69 Å². The Labute approximate surface area is 233 Å². The van der Waals surface area contributed by atoms with E-state index in [0.29, 0.717) is 5.69 Å². The van der Waals surface area contributed by atoms with Crippen molar-refractivity contribution < 1.29 is 19.1 Å². The molecule has 8 nitrogen and oxygen atoms in total. The van der Waals surface area contributed by atoms with Gasteiger partial charge in [-0.2, -0.15) is 0 Å². The third-order valence-electron chi connectivity index (χ3n) is 8.93. The summed E-state index contributed by atoms with van der Waals surface area (Å²) in [5.41, 5.74) is 2.71. The lowest BCUT2D eigenvalue weighted by Gasteiger charge is -2.43. The molecule has 2 aromatic carbocycles. The van der Waals surface area contributed by atoms with Crippen LogP contribution < -0.4 is 14.9 Å². The zero-order chi connectivity index (χ0) is 27.0. The van der Waals surface area contributed by atoms with E-state index in [4.69, 9.17) is 4.74 Å². The topological polar surface area (TPSA) is 109 Å². The number of para-hydroxylation sites is 1. The zero-order valence-corrected chi connectivity index (χ0v) is 23.0. The Bertz CT molecular complexity index is 1560. The van der Waals surface area contributed by atoms with Crippen LogP contribution >= 0.6 is 23.1 Å². The van der Waals surface area contributed by atoms with E-state index in [9.17, 15) is 19.2 Å². The van der Waals surface area contributed by atoms with Gasteiger partial charge in [0.1, 0.15) is 12.3 Å². The number of likely N-dealkylation sites (tertiary alicyclic amines) is 1. The molecule has 3 aromatic rings. The minimum Gasteiger partial charge on any atom is -0.496 e. The van der Waals surface area contributed by atoms with E-state index in [2.05, 4.69) is 10.3 Å². The average molecular weight is 562 g/mol. The molecule has 0 radical (unpaired) electrons. The molecule has 0 spiro atoms. The molecule has 1 aromatic heterocycles. The van der Waals surface area contributed by atoms with Gasteiger partial charge in [0, 0.05) is 27.3 Å². The van der Waals surface area contributed by atoms with Crippen LogP contribution in [-0.2, 0) is 14.4 Å². The number of benzene rings is 2. The number of imide groups is 1. The highest BCUT2D eigenvalue weighted by Gasteiger charge is 2.69. The van der Waals surface area contributed by atoms with Crippen molar-refractivity contribution in [3.8, 4) is 5.75 Å². The zero-order valence-electron chi connectivity index (χ0n) is 21.4. The molecule has 3 fully saturated rings. The molecule has 10 heteroatoms. The van der Waals surface area contributed by atoms with Crippen LogP contribution in [0.3, 0.4) is 0 Å². The number of amides is 3. The number of nitrogens with one attached hydrogen (secondary N) is 2. The highest BCUT2D eigenvalue weighted by molar-refractivity contribution is 8.00. The molecule has 39 heavy (non-hydrogen) atoms. The van der Waals surface area contributed by atoms with Crippen molar-refractivity contribution >= 4 is 46.5 Å². The number of fused-ring (bicyclic) bond motifs is 9. The maximum absolute atomic E-state index is 13.8. The molecule has 4 aliphatic rings. The smallest absolute Gasteiger partial charge is 0.305 e. The fraction of sp³-hybridized carbons (Fsp3) is 0.379. The number of hydrogen-bond donors (Lipinski definition) is 2. The van der Waals surface area contributed by atoms with E-state index >= 15 is 0 Å². The summed E-state index contributed by atoms with van der Waals surface area (Å²) < 4.78 is 5.73. The molecule has 3 amide bonds. The molecule has 200 valence electrons. The van der Waals surface area contributed by atoms with E-state index in [-0.39, 0.29) is 58.1 Å². The predicted molar refractivity (Wildman–Crippen MR) is 148 cm³/mol. The highest BCUT2D eigenvalue weighted by Crippen LogP contribution is 2.68. The van der Waals surface area contributed by atoms with Crippen LogP contribution in [0.25, 0.3) is 0 Å². The molecule has 1 saturated heterocycles. The standard InChI is InChI=1S/C29H27N3O5S2/c1-13-7-9-14(10-8-13)30-19(33)12-32-27(34)22-16-11-17(23(22)28(32)35)24-21(16)20(15-5-3-4-6-18(15)37-2)25-26(38-24)31-29(36)39-25/h3-10,16-17,20-24H,11-12H2,1-2H3,(H,30,33)(H,31,36)/t16?,17?,20-,21?,22?,23?,24?/m1/s1. The summed E-state index contributed by atoms with van der Waals surface area (Å²) in [6, 6.07) is 15.3. The van der Waals surface area contributed by atoms with Gasteiger partial charge in [-0.25, -0.2) is 0 Å². The number of rotatable bonds is 5. The Morgan fingerprint density at radius 2 is 1.77 bits per heavy atom. The van der Waals surface area contributed by atoms with Crippen molar-refractivity contribution in [1.29, 1.82) is 0 Å². The van der Waals surface area contributed by atoms with Crippen LogP contribution in [0.15, 0.2) is 58.4 Å². The van der Waals surface area contributed by atoms with Gasteiger partial charge >= 0.3 is 4.87 Å². The molecule has 2 aliphatic carbocycles. The van der Waals surface area contributed by atoms with Crippen LogP contribution in [0.2, 0.25) is 0 Å². The largest absolute Gasteiger partial charge is 0.496 e. The lowest BCUT2D eigenvalue weighted by molar-refractivity contribution is -0.143. The number of H-pyrrole nitrogens is 1. The van der Waals surface area contributed by atoms with Gasteiger partial charge in [-0.1, -0.05) is 47.2 Å².